The Labute approximate surface area is 118 Å². The van der Waals surface area contributed by atoms with E-state index in [1.807, 2.05) is 0 Å². The van der Waals surface area contributed by atoms with Crippen LogP contribution in [0.25, 0.3) is 0 Å². The van der Waals surface area contributed by atoms with Crippen molar-refractivity contribution in [2.75, 3.05) is 0 Å². The van der Waals surface area contributed by atoms with Gasteiger partial charge in [-0.2, -0.15) is 23.4 Å². The second-order valence-corrected chi connectivity index (χ2v) is 8.30. The van der Waals surface area contributed by atoms with Gasteiger partial charge < -0.3 is 0 Å². The van der Waals surface area contributed by atoms with Crippen LogP contribution in [0.3, 0.4) is 0 Å². The molecule has 1 aliphatic carbocycles. The minimum Gasteiger partial charge on any atom is -0.173 e. The molecule has 104 valence electrons. The summed E-state index contributed by atoms with van der Waals surface area (Å²) in [4.78, 5) is -1.04. The molecule has 18 heavy (non-hydrogen) atoms. The van der Waals surface area contributed by atoms with E-state index in [1.165, 1.54) is 0 Å². The van der Waals surface area contributed by atoms with Crippen LogP contribution >= 0.6 is 35.0 Å². The first-order valence-electron chi connectivity index (χ1n) is 5.36. The van der Waals surface area contributed by atoms with Crippen LogP contribution in [0, 0.1) is 10.8 Å². The number of nitrogens with zero attached hydrogens (tertiary/aromatic N) is 2. The van der Waals surface area contributed by atoms with E-state index in [0.717, 1.165) is 0 Å². The summed E-state index contributed by atoms with van der Waals surface area (Å²) in [7, 11) is 0. The van der Waals surface area contributed by atoms with E-state index in [0.29, 0.717) is 11.8 Å². The zero-order valence-corrected chi connectivity index (χ0v) is 12.6. The van der Waals surface area contributed by atoms with E-state index in [9.17, 15) is 13.2 Å². The molecule has 0 saturated heterocycles. The van der Waals surface area contributed by atoms with Crippen molar-refractivity contribution >= 4 is 35.0 Å². The Bertz CT molecular complexity index is 400. The molecule has 1 heterocycles. The second kappa shape index (κ2) is 3.50. The third kappa shape index (κ3) is 1.35. The van der Waals surface area contributed by atoms with Crippen molar-refractivity contribution in [3.63, 3.8) is 0 Å². The number of hydrogen-bond acceptors (Lipinski definition) is 3. The largest absolute Gasteiger partial charge is 0.422 e. The van der Waals surface area contributed by atoms with Crippen molar-refractivity contribution in [1.29, 1.82) is 0 Å². The number of halogens is 5. The number of thioether (sulfide) groups is 1. The quantitative estimate of drug-likeness (QED) is 0.576. The molecule has 1 atom stereocenters. The van der Waals surface area contributed by atoms with Gasteiger partial charge >= 0.3 is 6.18 Å². The highest BCUT2D eigenvalue weighted by Crippen LogP contribution is 2.80. The van der Waals surface area contributed by atoms with Crippen molar-refractivity contribution in [3.05, 3.63) is 0 Å². The van der Waals surface area contributed by atoms with Gasteiger partial charge in [-0.15, -0.1) is 23.2 Å². The summed E-state index contributed by atoms with van der Waals surface area (Å²) in [6, 6.07) is 0. The molecule has 1 aliphatic heterocycles. The molecule has 2 rings (SSSR count). The molecule has 1 unspecified atom stereocenters. The highest BCUT2D eigenvalue weighted by Gasteiger charge is 2.83. The number of alkyl halides is 5. The fourth-order valence-electron chi connectivity index (χ4n) is 2.94. The summed E-state index contributed by atoms with van der Waals surface area (Å²) in [5, 5.41) is 5.47. The maximum absolute atomic E-state index is 12.7. The average Bonchev–Trinajstić information content (AvgIpc) is 2.62. The smallest absolute Gasteiger partial charge is 0.173 e. The van der Waals surface area contributed by atoms with Gasteiger partial charge in [-0.1, -0.05) is 39.5 Å². The van der Waals surface area contributed by atoms with Crippen LogP contribution in [-0.2, 0) is 0 Å². The molecule has 1 spiro atoms. The minimum atomic E-state index is -4.40. The van der Waals surface area contributed by atoms with Crippen LogP contribution in [0.2, 0.25) is 0 Å². The molecule has 2 aliphatic rings. The summed E-state index contributed by atoms with van der Waals surface area (Å²) in [5.41, 5.74) is -1.58. The lowest BCUT2D eigenvalue weighted by Crippen LogP contribution is -2.76. The first-order valence-corrected chi connectivity index (χ1v) is 6.99. The Kier molecular flexibility index (Phi) is 2.86. The highest BCUT2D eigenvalue weighted by molar-refractivity contribution is 8.01. The molecular weight excluding hydrogens is 308 g/mol. The Balaban J connectivity index is 2.40. The van der Waals surface area contributed by atoms with E-state index in [1.54, 1.807) is 27.7 Å². The Morgan fingerprint density at radius 1 is 1.06 bits per heavy atom. The summed E-state index contributed by atoms with van der Waals surface area (Å²) < 4.78 is 37.0. The van der Waals surface area contributed by atoms with Gasteiger partial charge in [0.15, 0.2) is 0 Å². The van der Waals surface area contributed by atoms with E-state index in [-0.39, 0.29) is 0 Å². The Hall–Kier alpha value is 0.320. The minimum absolute atomic E-state index is 0.696. The number of rotatable bonds is 0. The van der Waals surface area contributed by atoms with Crippen molar-refractivity contribution in [2.45, 2.75) is 48.4 Å². The first-order chi connectivity index (χ1) is 7.81. The van der Waals surface area contributed by atoms with Crippen molar-refractivity contribution in [3.8, 4) is 0 Å². The monoisotopic (exact) mass is 320 g/mol. The summed E-state index contributed by atoms with van der Waals surface area (Å²) >= 11 is 13.3. The average molecular weight is 321 g/mol. The normalized spacial score (nSPS) is 34.6. The molecular formula is C10H13Cl2F3N2S. The van der Waals surface area contributed by atoms with Crippen LogP contribution in [-0.4, -0.2) is 20.8 Å². The van der Waals surface area contributed by atoms with Gasteiger partial charge in [-0.25, -0.2) is 0 Å². The van der Waals surface area contributed by atoms with Crippen molar-refractivity contribution in [2.24, 2.45) is 21.1 Å². The van der Waals surface area contributed by atoms with Gasteiger partial charge in [0.1, 0.15) is 9.20 Å². The Morgan fingerprint density at radius 2 is 1.50 bits per heavy atom. The van der Waals surface area contributed by atoms with E-state index in [4.69, 9.17) is 23.2 Å². The molecule has 0 aromatic heterocycles. The SMILES string of the molecule is CC1(C)C(Cl)(Cl)C(C)(C)C12N=NC(C(F)(F)F)S2. The maximum atomic E-state index is 12.7. The molecule has 8 heteroatoms. The van der Waals surface area contributed by atoms with Gasteiger partial charge in [0, 0.05) is 10.8 Å². The van der Waals surface area contributed by atoms with Crippen molar-refractivity contribution in [1.82, 2.24) is 0 Å². The second-order valence-electron chi connectivity index (χ2n) is 5.70. The zero-order valence-electron chi connectivity index (χ0n) is 10.3. The molecule has 0 N–H and O–H groups in total. The van der Waals surface area contributed by atoms with Gasteiger partial charge in [0.05, 0.1) is 0 Å². The molecule has 0 bridgehead atoms. The van der Waals surface area contributed by atoms with E-state index < -0.39 is 31.6 Å². The molecule has 0 aromatic carbocycles. The lowest BCUT2D eigenvalue weighted by atomic mass is 9.50. The zero-order chi connectivity index (χ0) is 14.2. The van der Waals surface area contributed by atoms with Crippen LogP contribution in [0.5, 0.6) is 0 Å². The fourth-order valence-corrected chi connectivity index (χ4v) is 5.26. The molecule has 1 fully saturated rings. The maximum Gasteiger partial charge on any atom is 0.422 e. The third-order valence-electron chi connectivity index (χ3n) is 4.13. The predicted molar refractivity (Wildman–Crippen MR) is 67.0 cm³/mol. The lowest BCUT2D eigenvalue weighted by Gasteiger charge is -2.70. The number of azo groups is 1. The predicted octanol–water partition coefficient (Wildman–Crippen LogP) is 5.01. The third-order valence-corrected chi connectivity index (χ3v) is 8.05. The molecule has 0 aromatic rings. The van der Waals surface area contributed by atoms with Gasteiger partial charge in [0.2, 0.25) is 5.37 Å². The number of hydrogen-bond donors (Lipinski definition) is 0. The van der Waals surface area contributed by atoms with E-state index >= 15 is 0 Å². The van der Waals surface area contributed by atoms with Gasteiger partial charge in [0.25, 0.3) is 0 Å². The van der Waals surface area contributed by atoms with Crippen LogP contribution < -0.4 is 0 Å². The molecule has 1 saturated carbocycles. The lowest BCUT2D eigenvalue weighted by molar-refractivity contribution is -0.127. The topological polar surface area (TPSA) is 24.7 Å². The summed E-state index contributed by atoms with van der Waals surface area (Å²) in [6.45, 7) is 6.90. The molecule has 0 amide bonds. The summed E-state index contributed by atoms with van der Waals surface area (Å²) in [5.74, 6) is 0. The van der Waals surface area contributed by atoms with Crippen molar-refractivity contribution < 1.29 is 13.2 Å². The van der Waals surface area contributed by atoms with Gasteiger partial charge in [-0.05, 0) is 0 Å². The first kappa shape index (κ1) is 14.7. The fraction of sp³-hybridized carbons (Fsp3) is 1.00. The van der Waals surface area contributed by atoms with E-state index in [2.05, 4.69) is 10.2 Å². The van der Waals surface area contributed by atoms with Crippen LogP contribution in [0.4, 0.5) is 13.2 Å². The standard InChI is InChI=1S/C10H13Cl2F3N2S/c1-6(2)9(11,12)7(3,4)10(6)17-16-5(18-10)8(13,14)15/h5H,1-4H3. The van der Waals surface area contributed by atoms with Crippen LogP contribution in [0.15, 0.2) is 10.2 Å². The summed E-state index contributed by atoms with van der Waals surface area (Å²) in [6.07, 6.45) is -4.40. The Morgan fingerprint density at radius 3 is 1.83 bits per heavy atom. The van der Waals surface area contributed by atoms with Crippen LogP contribution in [0.1, 0.15) is 27.7 Å². The highest BCUT2D eigenvalue weighted by atomic mass is 35.5. The van der Waals surface area contributed by atoms with Gasteiger partial charge in [-0.3, -0.25) is 0 Å². The molecule has 2 nitrogen and oxygen atoms in total. The molecule has 0 radical (unpaired) electrons.